The molecule has 44 nitrogen and oxygen atoms in total. The molecule has 12 rings (SSSR count). The first-order valence-corrected chi connectivity index (χ1v) is 31.1. The van der Waals surface area contributed by atoms with Crippen molar-refractivity contribution in [2.24, 2.45) is 0 Å². The van der Waals surface area contributed by atoms with Crippen LogP contribution in [0.5, 0.6) is 149 Å². The Morgan fingerprint density at radius 3 is 1.11 bits per heavy atom. The number of phenols is 22. The van der Waals surface area contributed by atoms with Crippen LogP contribution in [0.15, 0.2) is 72.8 Å². The maximum atomic E-state index is 15.4. The molecule has 44 heteroatoms. The van der Waals surface area contributed by atoms with Crippen molar-refractivity contribution in [3.8, 4) is 161 Å². The minimum Gasteiger partial charge on any atom is -0.504 e. The fourth-order valence-corrected chi connectivity index (χ4v) is 11.6. The first-order valence-electron chi connectivity index (χ1n) is 31.1. The van der Waals surface area contributed by atoms with E-state index in [0.717, 1.165) is 0 Å². The average Bonchev–Trinajstić information content (AvgIpc) is 1.23. The summed E-state index contributed by atoms with van der Waals surface area (Å²) in [5, 5.41) is 262. The van der Waals surface area contributed by atoms with Crippen molar-refractivity contribution in [3.63, 3.8) is 0 Å². The molecule has 4 bridgehead atoms. The standard InChI is InChI=1S/C68H50O44/c69-13-35-47(88)55(107-59(93)15-1-23(70)39(80)24(71)2-15)57-67(104-35)111-61(95)17-5-27(74)41(82)33(7-17)103-53-22(12-32(79)46(87)51(53)92)66(100)110-58-56(108-60(94)16-3-25(72)40(81)26(73)4-16)54-36(14-101-63(97)19-9-29(76)43(84)48(89)37(19)38-20(64(98)106-54)10-30(77)44(85)49(38)90)105-68(58)112-62(96)18-6-28(75)42(83)34(8-18)102-52-21(65(99)109-57)11-31(78)45(86)50(52)91/h1-12,35-36,47,54-58,67-92H,13-14H2. The van der Waals surface area contributed by atoms with Gasteiger partial charge in [-0.15, -0.1) is 0 Å². The highest BCUT2D eigenvalue weighted by molar-refractivity contribution is 6.09. The Morgan fingerprint density at radius 2 is 0.688 bits per heavy atom. The van der Waals surface area contributed by atoms with E-state index in [2.05, 4.69) is 0 Å². The molecule has 586 valence electrons. The zero-order valence-corrected chi connectivity index (χ0v) is 55.0. The smallest absolute Gasteiger partial charge is 0.342 e. The number of carbonyl (C=O) groups is 8. The van der Waals surface area contributed by atoms with Crippen LogP contribution in [-0.2, 0) is 47.4 Å². The van der Waals surface area contributed by atoms with Crippen molar-refractivity contribution in [2.75, 3.05) is 13.2 Å². The van der Waals surface area contributed by atoms with Gasteiger partial charge in [0.25, 0.3) is 0 Å². The van der Waals surface area contributed by atoms with Crippen LogP contribution in [-0.4, -0.2) is 245 Å². The number of hydrogen-bond acceptors (Lipinski definition) is 44. The Morgan fingerprint density at radius 1 is 0.348 bits per heavy atom. The van der Waals surface area contributed by atoms with Gasteiger partial charge in [-0.25, -0.2) is 38.4 Å². The van der Waals surface area contributed by atoms with Crippen LogP contribution < -0.4 is 9.47 Å². The molecule has 4 aliphatic rings. The van der Waals surface area contributed by atoms with E-state index in [-0.39, 0.29) is 18.2 Å². The SMILES string of the molecule is O=C1OC2OC(CO)C(O)C(OC(=O)c3cc(O)c(O)c(O)c3)C2OC(=O)c2cc(O)c(O)c(O)c2Oc2cc(cc(O)c2O)C(=O)OC2OC3COC(=O)c4cc(O)c(O)c(O)c4-c4c(cc(O)c(O)c4O)C(=O)OC3C(OC(=O)c3cc(O)c(O)c(O)c3)C2OC(=O)c2cc(O)c(O)c(O)c2Oc2cc1cc(O)c2O. The third kappa shape index (κ3) is 13.5. The first-order chi connectivity index (χ1) is 52.8. The molecule has 112 heavy (non-hydrogen) atoms. The number of phenolic OH excluding ortho intramolecular Hbond substituents is 22. The normalized spacial score (nSPS) is 21.2. The maximum absolute atomic E-state index is 15.4. The van der Waals surface area contributed by atoms with Gasteiger partial charge < -0.3 is 179 Å². The van der Waals surface area contributed by atoms with Crippen molar-refractivity contribution in [1.82, 2.24) is 0 Å². The Labute approximate surface area is 616 Å². The molecule has 4 aliphatic heterocycles. The summed E-state index contributed by atoms with van der Waals surface area (Å²) in [6.45, 7) is -2.91. The van der Waals surface area contributed by atoms with Crippen molar-refractivity contribution in [2.45, 2.75) is 61.4 Å². The minimum atomic E-state index is -3.07. The molecule has 10 atom stereocenters. The van der Waals surface area contributed by atoms with Gasteiger partial charge in [0, 0.05) is 23.3 Å². The highest BCUT2D eigenvalue weighted by Gasteiger charge is 2.57. The summed E-state index contributed by atoms with van der Waals surface area (Å²) in [5.74, 6) is -53.9. The molecule has 2 saturated heterocycles. The number of esters is 8. The highest BCUT2D eigenvalue weighted by Crippen LogP contribution is 2.56. The van der Waals surface area contributed by atoms with Crippen molar-refractivity contribution >= 4 is 47.8 Å². The fraction of sp³-hybridized carbons (Fsp3) is 0.176. The van der Waals surface area contributed by atoms with Crippen LogP contribution >= 0.6 is 0 Å². The van der Waals surface area contributed by atoms with E-state index in [1.54, 1.807) is 0 Å². The first kappa shape index (κ1) is 76.2. The number of rotatable bonds is 5. The molecule has 8 aromatic carbocycles. The number of aromatic hydroxyl groups is 22. The number of aliphatic hydroxyl groups excluding tert-OH is 2. The molecule has 0 spiro atoms. The Balaban J connectivity index is 1.07. The lowest BCUT2D eigenvalue weighted by Gasteiger charge is -2.43. The van der Waals surface area contributed by atoms with Crippen LogP contribution in [0.2, 0.25) is 0 Å². The molecular formula is C68H50O44. The molecule has 0 amide bonds. The molecule has 0 radical (unpaired) electrons. The van der Waals surface area contributed by atoms with Gasteiger partial charge in [-0.3, -0.25) is 0 Å². The fourth-order valence-electron chi connectivity index (χ4n) is 11.6. The van der Waals surface area contributed by atoms with E-state index in [0.29, 0.717) is 54.6 Å². The van der Waals surface area contributed by atoms with Crippen LogP contribution in [0.3, 0.4) is 0 Å². The largest absolute Gasteiger partial charge is 0.504 e. The molecule has 10 unspecified atom stereocenters. The highest BCUT2D eigenvalue weighted by atomic mass is 16.8. The summed E-state index contributed by atoms with van der Waals surface area (Å²) in [5.41, 5.74) is -12.1. The molecular weight excluding hydrogens is 1520 g/mol. The Kier molecular flexibility index (Phi) is 19.5. The van der Waals surface area contributed by atoms with Crippen LogP contribution in [0.25, 0.3) is 11.1 Å². The number of cyclic esters (lactones) is 1. The van der Waals surface area contributed by atoms with Gasteiger partial charge in [-0.1, -0.05) is 0 Å². The average molecular weight is 1570 g/mol. The Hall–Kier alpha value is -15.4. The lowest BCUT2D eigenvalue weighted by molar-refractivity contribution is -0.283. The quantitative estimate of drug-likeness (QED) is 0.0667. The van der Waals surface area contributed by atoms with E-state index in [1.165, 1.54) is 0 Å². The third-order valence-corrected chi connectivity index (χ3v) is 17.1. The summed E-state index contributed by atoms with van der Waals surface area (Å²) in [7, 11) is 0. The zero-order chi connectivity index (χ0) is 81.6. The molecule has 8 aromatic rings. The van der Waals surface area contributed by atoms with Crippen LogP contribution in [0.1, 0.15) is 82.9 Å². The summed E-state index contributed by atoms with van der Waals surface area (Å²) >= 11 is 0. The van der Waals surface area contributed by atoms with Gasteiger partial charge in [-0.2, -0.15) is 0 Å². The van der Waals surface area contributed by atoms with Crippen molar-refractivity contribution in [1.29, 1.82) is 0 Å². The monoisotopic (exact) mass is 1570 g/mol. The number of aliphatic hydroxyl groups is 2. The lowest BCUT2D eigenvalue weighted by Crippen LogP contribution is -2.63. The molecule has 0 saturated carbocycles. The van der Waals surface area contributed by atoms with Crippen molar-refractivity contribution < 1.29 is 218 Å². The second-order valence-corrected chi connectivity index (χ2v) is 24.1. The molecule has 24 N–H and O–H groups in total. The van der Waals surface area contributed by atoms with Crippen LogP contribution in [0.4, 0.5) is 0 Å². The van der Waals surface area contributed by atoms with Gasteiger partial charge in [0.15, 0.2) is 122 Å². The number of ether oxygens (including phenoxy) is 12. The number of fused-ring (bicyclic) bond motifs is 12. The van der Waals surface area contributed by atoms with Gasteiger partial charge >= 0.3 is 47.8 Å². The van der Waals surface area contributed by atoms with Gasteiger partial charge in [0.05, 0.1) is 40.0 Å². The second kappa shape index (κ2) is 28.7. The number of hydrogen-bond donors (Lipinski definition) is 24. The van der Waals surface area contributed by atoms with Crippen LogP contribution in [0, 0.1) is 0 Å². The topological polar surface area (TPSA) is 733 Å². The minimum absolute atomic E-state index is 0.157. The van der Waals surface area contributed by atoms with E-state index in [4.69, 9.17) is 56.8 Å². The van der Waals surface area contributed by atoms with E-state index < -0.39 is 328 Å². The number of benzene rings is 8. The van der Waals surface area contributed by atoms with E-state index in [9.17, 15) is 147 Å². The Bertz CT molecular complexity index is 5310. The summed E-state index contributed by atoms with van der Waals surface area (Å²) < 4.78 is 67.9. The predicted molar refractivity (Wildman–Crippen MR) is 345 cm³/mol. The third-order valence-electron chi connectivity index (χ3n) is 17.1. The molecule has 0 aliphatic carbocycles. The summed E-state index contributed by atoms with van der Waals surface area (Å²) in [6.07, 6.45) is -27.2. The lowest BCUT2D eigenvalue weighted by atomic mass is 9.92. The van der Waals surface area contributed by atoms with E-state index >= 15 is 14.4 Å². The summed E-state index contributed by atoms with van der Waals surface area (Å²) in [4.78, 5) is 118. The maximum Gasteiger partial charge on any atom is 0.342 e. The molecule has 4 heterocycles. The zero-order valence-electron chi connectivity index (χ0n) is 55.0. The predicted octanol–water partition coefficient (Wildman–Crippen LogP) is 2.19. The molecule has 2 fully saturated rings. The summed E-state index contributed by atoms with van der Waals surface area (Å²) in [6, 6.07) is 4.03. The van der Waals surface area contributed by atoms with Gasteiger partial charge in [-0.05, 0) is 60.7 Å². The van der Waals surface area contributed by atoms with Crippen molar-refractivity contribution in [3.05, 3.63) is 117 Å². The second-order valence-electron chi connectivity index (χ2n) is 24.1. The molecule has 0 aromatic heterocycles. The number of carbonyl (C=O) groups excluding carboxylic acids is 8. The van der Waals surface area contributed by atoms with E-state index in [1.807, 2.05) is 0 Å². The van der Waals surface area contributed by atoms with Gasteiger partial charge in [0.1, 0.15) is 36.0 Å². The van der Waals surface area contributed by atoms with Gasteiger partial charge in [0.2, 0.25) is 70.8 Å².